The topological polar surface area (TPSA) is 63.1 Å². The van der Waals surface area contributed by atoms with Gasteiger partial charge in [-0.1, -0.05) is 11.6 Å². The summed E-state index contributed by atoms with van der Waals surface area (Å²) in [5.41, 5.74) is 4.33. The van der Waals surface area contributed by atoms with Crippen molar-refractivity contribution < 1.29 is 4.79 Å². The number of hydrogen-bond acceptors (Lipinski definition) is 4. The number of aromatic nitrogens is 3. The number of carbonyl (C=O) groups is 1. The fraction of sp³-hybridized carbons (Fsp3) is 0.174. The minimum Gasteiger partial charge on any atom is -0.378 e. The third-order valence-electron chi connectivity index (χ3n) is 4.84. The lowest BCUT2D eigenvalue weighted by atomic mass is 10.2. The van der Waals surface area contributed by atoms with E-state index in [4.69, 9.17) is 16.6 Å². The zero-order valence-corrected chi connectivity index (χ0v) is 18.8. The largest absolute Gasteiger partial charge is 0.378 e. The SMILES string of the molecule is CN(C)c1ccc(NC(=O)CCn2c(-c3ccc(Cl)cc3)nc3cccnc32)cc1.Cl. The number of anilines is 2. The molecule has 0 aliphatic rings. The molecule has 4 aromatic rings. The fourth-order valence-electron chi connectivity index (χ4n) is 3.27. The third-order valence-corrected chi connectivity index (χ3v) is 5.09. The maximum atomic E-state index is 12.6. The summed E-state index contributed by atoms with van der Waals surface area (Å²) in [5.74, 6) is 0.705. The van der Waals surface area contributed by atoms with E-state index in [-0.39, 0.29) is 18.3 Å². The molecular weight excluding hydrogens is 433 g/mol. The molecule has 1 amide bonds. The van der Waals surface area contributed by atoms with Crippen molar-refractivity contribution in [1.82, 2.24) is 14.5 Å². The van der Waals surface area contributed by atoms with Gasteiger partial charge >= 0.3 is 0 Å². The summed E-state index contributed by atoms with van der Waals surface area (Å²) < 4.78 is 1.98. The molecule has 1 N–H and O–H groups in total. The highest BCUT2D eigenvalue weighted by molar-refractivity contribution is 6.30. The van der Waals surface area contributed by atoms with Gasteiger partial charge in [0.1, 0.15) is 11.3 Å². The molecule has 0 aliphatic heterocycles. The van der Waals surface area contributed by atoms with Crippen LogP contribution in [0.25, 0.3) is 22.6 Å². The monoisotopic (exact) mass is 455 g/mol. The first-order valence-corrected chi connectivity index (χ1v) is 10.0. The highest BCUT2D eigenvalue weighted by atomic mass is 35.5. The quantitative estimate of drug-likeness (QED) is 0.430. The zero-order valence-electron chi connectivity index (χ0n) is 17.2. The van der Waals surface area contributed by atoms with Gasteiger partial charge in [-0.25, -0.2) is 9.97 Å². The standard InChI is InChI=1S/C23H22ClN5O.ClH/c1-28(2)19-11-9-18(10-12-19)26-21(30)13-15-29-22(16-5-7-17(24)8-6-16)27-20-4-3-14-25-23(20)29;/h3-12,14H,13,15H2,1-2H3,(H,26,30);1H. The lowest BCUT2D eigenvalue weighted by Crippen LogP contribution is -2.15. The van der Waals surface area contributed by atoms with Crippen molar-refractivity contribution in [2.24, 2.45) is 0 Å². The van der Waals surface area contributed by atoms with E-state index in [1.807, 2.05) is 84.2 Å². The number of fused-ring (bicyclic) bond motifs is 1. The van der Waals surface area contributed by atoms with Crippen LogP contribution >= 0.6 is 24.0 Å². The van der Waals surface area contributed by atoms with Gasteiger partial charge in [0, 0.05) is 55.2 Å². The first-order valence-electron chi connectivity index (χ1n) is 9.66. The maximum Gasteiger partial charge on any atom is 0.226 e. The number of hydrogen-bond donors (Lipinski definition) is 1. The molecule has 2 aromatic carbocycles. The van der Waals surface area contributed by atoms with E-state index in [9.17, 15) is 4.79 Å². The fourth-order valence-corrected chi connectivity index (χ4v) is 3.40. The molecule has 0 atom stereocenters. The number of amides is 1. The van der Waals surface area contributed by atoms with Crippen LogP contribution in [0.2, 0.25) is 5.02 Å². The van der Waals surface area contributed by atoms with E-state index >= 15 is 0 Å². The minimum absolute atomic E-state index is 0. The predicted octanol–water partition coefficient (Wildman–Crippen LogP) is 5.27. The van der Waals surface area contributed by atoms with Gasteiger partial charge in [0.05, 0.1) is 0 Å². The lowest BCUT2D eigenvalue weighted by molar-refractivity contribution is -0.116. The van der Waals surface area contributed by atoms with Crippen LogP contribution in [-0.4, -0.2) is 34.5 Å². The van der Waals surface area contributed by atoms with Crippen LogP contribution in [0.4, 0.5) is 11.4 Å². The second-order valence-corrected chi connectivity index (χ2v) is 7.62. The highest BCUT2D eigenvalue weighted by Crippen LogP contribution is 2.25. The molecule has 0 bridgehead atoms. The Morgan fingerprint density at radius 2 is 1.77 bits per heavy atom. The molecule has 4 rings (SSSR count). The van der Waals surface area contributed by atoms with Gasteiger partial charge in [-0.3, -0.25) is 4.79 Å². The summed E-state index contributed by atoms with van der Waals surface area (Å²) in [5, 5.41) is 3.62. The van der Waals surface area contributed by atoms with Crippen LogP contribution < -0.4 is 10.2 Å². The summed E-state index contributed by atoms with van der Waals surface area (Å²) in [6.07, 6.45) is 2.04. The lowest BCUT2D eigenvalue weighted by Gasteiger charge is -2.13. The summed E-state index contributed by atoms with van der Waals surface area (Å²) in [6, 6.07) is 19.0. The summed E-state index contributed by atoms with van der Waals surface area (Å²) in [7, 11) is 3.96. The number of carbonyl (C=O) groups excluding carboxylic acids is 1. The zero-order chi connectivity index (χ0) is 21.1. The molecule has 31 heavy (non-hydrogen) atoms. The average Bonchev–Trinajstić information content (AvgIpc) is 3.12. The van der Waals surface area contributed by atoms with Crippen molar-refractivity contribution in [3.63, 3.8) is 0 Å². The minimum atomic E-state index is -0.0626. The van der Waals surface area contributed by atoms with E-state index in [1.54, 1.807) is 6.20 Å². The van der Waals surface area contributed by atoms with Crippen molar-refractivity contribution in [3.8, 4) is 11.4 Å². The van der Waals surface area contributed by atoms with Gasteiger partial charge in [0.25, 0.3) is 0 Å². The van der Waals surface area contributed by atoms with Crippen molar-refractivity contribution in [3.05, 3.63) is 71.9 Å². The molecule has 160 valence electrons. The molecule has 0 aliphatic carbocycles. The molecule has 6 nitrogen and oxygen atoms in total. The first-order chi connectivity index (χ1) is 14.5. The van der Waals surface area contributed by atoms with Crippen molar-refractivity contribution in [1.29, 1.82) is 0 Å². The number of nitrogens with one attached hydrogen (secondary N) is 1. The Morgan fingerprint density at radius 1 is 1.06 bits per heavy atom. The molecule has 0 saturated heterocycles. The van der Waals surface area contributed by atoms with E-state index in [0.717, 1.165) is 33.9 Å². The number of rotatable bonds is 6. The maximum absolute atomic E-state index is 12.6. The van der Waals surface area contributed by atoms with Crippen LogP contribution in [0.1, 0.15) is 6.42 Å². The summed E-state index contributed by atoms with van der Waals surface area (Å²) >= 11 is 6.03. The highest BCUT2D eigenvalue weighted by Gasteiger charge is 2.15. The Bertz CT molecular complexity index is 1170. The van der Waals surface area contributed by atoms with Crippen molar-refractivity contribution in [2.45, 2.75) is 13.0 Å². The second kappa shape index (κ2) is 9.81. The van der Waals surface area contributed by atoms with E-state index in [1.165, 1.54) is 0 Å². The van der Waals surface area contributed by atoms with Crippen molar-refractivity contribution >= 4 is 52.5 Å². The van der Waals surface area contributed by atoms with Gasteiger partial charge in [-0.15, -0.1) is 12.4 Å². The molecule has 0 spiro atoms. The Labute approximate surface area is 192 Å². The van der Waals surface area contributed by atoms with Crippen LogP contribution in [0, 0.1) is 0 Å². The Balaban J connectivity index is 0.00000272. The number of benzene rings is 2. The van der Waals surface area contributed by atoms with Gasteiger partial charge in [-0.2, -0.15) is 0 Å². The van der Waals surface area contributed by atoms with E-state index in [0.29, 0.717) is 18.0 Å². The van der Waals surface area contributed by atoms with Gasteiger partial charge in [0.2, 0.25) is 5.91 Å². The first kappa shape index (κ1) is 22.6. The Kier molecular flexibility index (Phi) is 7.15. The van der Waals surface area contributed by atoms with Crippen molar-refractivity contribution in [2.75, 3.05) is 24.3 Å². The molecular formula is C23H23Cl2N5O. The van der Waals surface area contributed by atoms with Crippen LogP contribution in [0.5, 0.6) is 0 Å². The molecule has 2 aromatic heterocycles. The number of pyridine rings is 1. The van der Waals surface area contributed by atoms with E-state index in [2.05, 4.69) is 10.3 Å². The van der Waals surface area contributed by atoms with Crippen LogP contribution in [0.15, 0.2) is 66.9 Å². The number of imidazole rings is 1. The molecule has 0 unspecified atom stereocenters. The van der Waals surface area contributed by atoms with Gasteiger partial charge in [-0.05, 0) is 60.7 Å². The van der Waals surface area contributed by atoms with Crippen LogP contribution in [0.3, 0.4) is 0 Å². The van der Waals surface area contributed by atoms with Crippen LogP contribution in [-0.2, 0) is 11.3 Å². The number of halogens is 2. The smallest absolute Gasteiger partial charge is 0.226 e. The molecule has 2 heterocycles. The molecule has 0 fully saturated rings. The third kappa shape index (κ3) is 5.16. The number of aryl methyl sites for hydroxylation is 1. The number of nitrogens with zero attached hydrogens (tertiary/aromatic N) is 4. The molecule has 8 heteroatoms. The molecule has 0 saturated carbocycles. The predicted molar refractivity (Wildman–Crippen MR) is 129 cm³/mol. The van der Waals surface area contributed by atoms with Gasteiger partial charge < -0.3 is 14.8 Å². The molecule has 0 radical (unpaired) electrons. The summed E-state index contributed by atoms with van der Waals surface area (Å²) in [4.78, 5) is 23.8. The average molecular weight is 456 g/mol. The summed E-state index contributed by atoms with van der Waals surface area (Å²) in [6.45, 7) is 0.465. The second-order valence-electron chi connectivity index (χ2n) is 7.18. The Morgan fingerprint density at radius 3 is 2.45 bits per heavy atom. The Hall–Kier alpha value is -3.09. The normalized spacial score (nSPS) is 10.5. The van der Waals surface area contributed by atoms with Gasteiger partial charge in [0.15, 0.2) is 5.65 Å². The van der Waals surface area contributed by atoms with E-state index < -0.39 is 0 Å².